The van der Waals surface area contributed by atoms with Gasteiger partial charge in [0.1, 0.15) is 0 Å². The van der Waals surface area contributed by atoms with E-state index in [2.05, 4.69) is 31.0 Å². The maximum atomic E-state index is 11.6. The average Bonchev–Trinajstić information content (AvgIpc) is 2.21. The van der Waals surface area contributed by atoms with Crippen LogP contribution in [0.1, 0.15) is 27.2 Å². The number of halogens is 1. The molecule has 0 radical (unpaired) electrons. The van der Waals surface area contributed by atoms with Gasteiger partial charge in [-0.1, -0.05) is 20.8 Å². The van der Waals surface area contributed by atoms with Crippen LogP contribution in [-0.2, 0) is 4.79 Å². The molecule has 3 N–H and O–H groups in total. The summed E-state index contributed by atoms with van der Waals surface area (Å²) in [5, 5.41) is 2.94. The maximum Gasteiger partial charge on any atom is 0.234 e. The summed E-state index contributed by atoms with van der Waals surface area (Å²) < 4.78 is 0. The topological polar surface area (TPSA) is 58.4 Å². The van der Waals surface area contributed by atoms with Crippen LogP contribution >= 0.6 is 12.4 Å². The highest BCUT2D eigenvalue weighted by Crippen LogP contribution is 2.14. The summed E-state index contributed by atoms with van der Waals surface area (Å²) in [6.45, 7) is 9.52. The van der Waals surface area contributed by atoms with Gasteiger partial charge in [-0.05, 0) is 18.3 Å². The molecular weight excluding hydrogens is 238 g/mol. The Labute approximate surface area is 111 Å². The van der Waals surface area contributed by atoms with Gasteiger partial charge in [0.05, 0.1) is 6.54 Å². The number of piperidine rings is 1. The summed E-state index contributed by atoms with van der Waals surface area (Å²) in [4.78, 5) is 13.8. The van der Waals surface area contributed by atoms with Crippen molar-refractivity contribution >= 4 is 18.3 Å². The minimum absolute atomic E-state index is 0. The fourth-order valence-corrected chi connectivity index (χ4v) is 1.97. The van der Waals surface area contributed by atoms with Crippen LogP contribution in [0.3, 0.4) is 0 Å². The maximum absolute atomic E-state index is 11.6. The quantitative estimate of drug-likeness (QED) is 0.791. The van der Waals surface area contributed by atoms with Crippen molar-refractivity contribution in [3.63, 3.8) is 0 Å². The van der Waals surface area contributed by atoms with Gasteiger partial charge in [-0.3, -0.25) is 9.69 Å². The van der Waals surface area contributed by atoms with E-state index < -0.39 is 0 Å². The number of hydrogen-bond donors (Lipinski definition) is 2. The predicted octanol–water partition coefficient (Wildman–Crippen LogP) is 0.850. The van der Waals surface area contributed by atoms with Crippen LogP contribution in [0.25, 0.3) is 0 Å². The molecule has 1 saturated heterocycles. The summed E-state index contributed by atoms with van der Waals surface area (Å²) in [5.74, 6) is 1.14. The largest absolute Gasteiger partial charge is 0.355 e. The molecule has 17 heavy (non-hydrogen) atoms. The molecule has 1 fully saturated rings. The third-order valence-corrected chi connectivity index (χ3v) is 3.13. The average molecular weight is 264 g/mol. The minimum Gasteiger partial charge on any atom is -0.355 e. The van der Waals surface area contributed by atoms with Gasteiger partial charge in [0.2, 0.25) is 5.91 Å². The number of nitrogens with one attached hydrogen (secondary N) is 1. The number of likely N-dealkylation sites (tertiary alicyclic amines) is 1. The lowest BCUT2D eigenvalue weighted by atomic mass is 9.95. The van der Waals surface area contributed by atoms with Crippen LogP contribution in [0.15, 0.2) is 0 Å². The first-order chi connectivity index (χ1) is 7.49. The van der Waals surface area contributed by atoms with Crippen LogP contribution in [-0.4, -0.2) is 43.0 Å². The van der Waals surface area contributed by atoms with E-state index in [0.717, 1.165) is 26.1 Å². The highest BCUT2D eigenvalue weighted by Gasteiger charge is 2.24. The molecule has 0 spiro atoms. The highest BCUT2D eigenvalue weighted by molar-refractivity contribution is 5.85. The molecule has 1 amide bonds. The van der Waals surface area contributed by atoms with Gasteiger partial charge in [-0.25, -0.2) is 0 Å². The van der Waals surface area contributed by atoms with E-state index in [9.17, 15) is 4.79 Å². The Hall–Kier alpha value is -0.320. The number of rotatable bonds is 4. The van der Waals surface area contributed by atoms with Crippen LogP contribution in [0.5, 0.6) is 0 Å². The normalized spacial score (nSPS) is 25.5. The van der Waals surface area contributed by atoms with E-state index in [1.807, 2.05) is 0 Å². The molecule has 0 aromatic carbocycles. The van der Waals surface area contributed by atoms with Crippen molar-refractivity contribution in [1.82, 2.24) is 10.2 Å². The second-order valence-electron chi connectivity index (χ2n) is 5.36. The summed E-state index contributed by atoms with van der Waals surface area (Å²) in [6.07, 6.45) is 0.999. The number of hydrogen-bond acceptors (Lipinski definition) is 3. The van der Waals surface area contributed by atoms with E-state index >= 15 is 0 Å². The minimum atomic E-state index is 0. The number of nitrogens with two attached hydrogens (primary N) is 1. The standard InChI is InChI=1S/C12H25N3O.ClH/c1-9(2)6-14-12(16)8-15-5-4-11(13)10(3)7-15;/h9-11H,4-8,13H2,1-3H3,(H,14,16);1H. The Balaban J connectivity index is 0.00000256. The fraction of sp³-hybridized carbons (Fsp3) is 0.917. The summed E-state index contributed by atoms with van der Waals surface area (Å²) in [7, 11) is 0. The molecule has 1 heterocycles. The molecule has 0 bridgehead atoms. The summed E-state index contributed by atoms with van der Waals surface area (Å²) in [5.41, 5.74) is 5.94. The molecular formula is C12H26ClN3O. The Morgan fingerprint density at radius 3 is 2.71 bits per heavy atom. The van der Waals surface area contributed by atoms with Gasteiger partial charge in [0, 0.05) is 25.7 Å². The molecule has 5 heteroatoms. The lowest BCUT2D eigenvalue weighted by Crippen LogP contribution is -2.49. The molecule has 2 atom stereocenters. The summed E-state index contributed by atoms with van der Waals surface area (Å²) >= 11 is 0. The zero-order chi connectivity index (χ0) is 12.1. The SMILES string of the molecule is CC(C)CNC(=O)CN1CCC(N)C(C)C1.Cl. The van der Waals surface area contributed by atoms with Gasteiger partial charge in [0.15, 0.2) is 0 Å². The monoisotopic (exact) mass is 263 g/mol. The molecule has 1 aliphatic rings. The lowest BCUT2D eigenvalue weighted by molar-refractivity contribution is -0.122. The van der Waals surface area contributed by atoms with Crippen molar-refractivity contribution < 1.29 is 4.79 Å². The van der Waals surface area contributed by atoms with Gasteiger partial charge >= 0.3 is 0 Å². The second kappa shape index (κ2) is 7.90. The molecule has 0 aliphatic carbocycles. The van der Waals surface area contributed by atoms with Gasteiger partial charge in [-0.15, -0.1) is 12.4 Å². The first-order valence-electron chi connectivity index (χ1n) is 6.23. The smallest absolute Gasteiger partial charge is 0.234 e. The molecule has 4 nitrogen and oxygen atoms in total. The van der Waals surface area contributed by atoms with E-state index in [4.69, 9.17) is 5.73 Å². The summed E-state index contributed by atoms with van der Waals surface area (Å²) in [6, 6.07) is 0.301. The molecule has 0 aromatic heterocycles. The van der Waals surface area contributed by atoms with E-state index in [1.165, 1.54) is 0 Å². The Kier molecular flexibility index (Phi) is 7.75. The van der Waals surface area contributed by atoms with Crippen LogP contribution in [0.4, 0.5) is 0 Å². The number of nitrogens with zero attached hydrogens (tertiary/aromatic N) is 1. The first kappa shape index (κ1) is 16.7. The van der Waals surface area contributed by atoms with Crippen LogP contribution < -0.4 is 11.1 Å². The van der Waals surface area contributed by atoms with E-state index in [0.29, 0.717) is 24.4 Å². The molecule has 0 aromatic rings. The zero-order valence-electron chi connectivity index (χ0n) is 11.1. The third-order valence-electron chi connectivity index (χ3n) is 3.13. The number of carbonyl (C=O) groups excluding carboxylic acids is 1. The number of carbonyl (C=O) groups is 1. The van der Waals surface area contributed by atoms with Crippen molar-refractivity contribution in [1.29, 1.82) is 0 Å². The van der Waals surface area contributed by atoms with E-state index in [1.54, 1.807) is 0 Å². The molecule has 2 unspecified atom stereocenters. The molecule has 1 rings (SSSR count). The van der Waals surface area contributed by atoms with Crippen LogP contribution in [0.2, 0.25) is 0 Å². The molecule has 102 valence electrons. The van der Waals surface area contributed by atoms with Gasteiger partial charge in [-0.2, -0.15) is 0 Å². The molecule has 1 aliphatic heterocycles. The predicted molar refractivity (Wildman–Crippen MR) is 73.3 cm³/mol. The Morgan fingerprint density at radius 1 is 1.53 bits per heavy atom. The van der Waals surface area contributed by atoms with Crippen molar-refractivity contribution in [3.05, 3.63) is 0 Å². The lowest BCUT2D eigenvalue weighted by Gasteiger charge is -2.34. The first-order valence-corrected chi connectivity index (χ1v) is 6.23. The van der Waals surface area contributed by atoms with Crippen molar-refractivity contribution in [2.24, 2.45) is 17.6 Å². The fourth-order valence-electron chi connectivity index (χ4n) is 1.97. The van der Waals surface area contributed by atoms with Crippen molar-refractivity contribution in [3.8, 4) is 0 Å². The van der Waals surface area contributed by atoms with Crippen LogP contribution in [0, 0.1) is 11.8 Å². The Bertz CT molecular complexity index is 236. The highest BCUT2D eigenvalue weighted by atomic mass is 35.5. The second-order valence-corrected chi connectivity index (χ2v) is 5.36. The van der Waals surface area contributed by atoms with E-state index in [-0.39, 0.29) is 18.3 Å². The number of amides is 1. The zero-order valence-corrected chi connectivity index (χ0v) is 11.9. The van der Waals surface area contributed by atoms with Gasteiger partial charge in [0.25, 0.3) is 0 Å². The molecule has 0 saturated carbocycles. The Morgan fingerprint density at radius 2 is 2.18 bits per heavy atom. The van der Waals surface area contributed by atoms with Crippen molar-refractivity contribution in [2.45, 2.75) is 33.2 Å². The van der Waals surface area contributed by atoms with Crippen molar-refractivity contribution in [2.75, 3.05) is 26.2 Å². The van der Waals surface area contributed by atoms with Gasteiger partial charge < -0.3 is 11.1 Å². The third kappa shape index (κ3) is 6.24.